The fraction of sp³-hybridized carbons (Fsp3) is 0.250. The standard InChI is InChI=1S/C16H18OS/c1-2-3-13-17-14-9-11-16(12-10-14)18-15-7-5-4-6-8-15/h4-12H,2-3,13H2,1H3. The van der Waals surface area contributed by atoms with Crippen molar-refractivity contribution in [2.75, 3.05) is 6.61 Å². The Hall–Kier alpha value is -1.41. The molecule has 94 valence electrons. The van der Waals surface area contributed by atoms with Crippen LogP contribution in [0.5, 0.6) is 5.75 Å². The van der Waals surface area contributed by atoms with Crippen LogP contribution < -0.4 is 4.74 Å². The summed E-state index contributed by atoms with van der Waals surface area (Å²) in [4.78, 5) is 2.50. The van der Waals surface area contributed by atoms with Gasteiger partial charge in [0.25, 0.3) is 0 Å². The van der Waals surface area contributed by atoms with E-state index in [4.69, 9.17) is 4.74 Å². The predicted molar refractivity (Wildman–Crippen MR) is 77.4 cm³/mol. The van der Waals surface area contributed by atoms with Crippen molar-refractivity contribution < 1.29 is 4.74 Å². The molecule has 0 amide bonds. The normalized spacial score (nSPS) is 10.3. The molecule has 0 N–H and O–H groups in total. The lowest BCUT2D eigenvalue weighted by Crippen LogP contribution is -1.95. The summed E-state index contributed by atoms with van der Waals surface area (Å²) in [7, 11) is 0. The number of rotatable bonds is 6. The fourth-order valence-corrected chi connectivity index (χ4v) is 2.40. The molecule has 0 atom stereocenters. The van der Waals surface area contributed by atoms with Gasteiger partial charge in [0.05, 0.1) is 6.61 Å². The van der Waals surface area contributed by atoms with E-state index < -0.39 is 0 Å². The molecule has 0 saturated heterocycles. The third-order valence-corrected chi connectivity index (χ3v) is 3.58. The predicted octanol–water partition coefficient (Wildman–Crippen LogP) is 5.02. The summed E-state index contributed by atoms with van der Waals surface area (Å²) >= 11 is 1.77. The van der Waals surface area contributed by atoms with Crippen LogP contribution in [0.4, 0.5) is 0 Å². The third kappa shape index (κ3) is 4.11. The first-order valence-electron chi connectivity index (χ1n) is 6.34. The molecule has 0 fully saturated rings. The molecule has 0 aliphatic carbocycles. The minimum Gasteiger partial charge on any atom is -0.494 e. The Bertz CT molecular complexity index is 450. The summed E-state index contributed by atoms with van der Waals surface area (Å²) < 4.78 is 5.64. The molecule has 2 heteroatoms. The zero-order valence-corrected chi connectivity index (χ0v) is 11.5. The highest BCUT2D eigenvalue weighted by molar-refractivity contribution is 7.99. The summed E-state index contributed by atoms with van der Waals surface area (Å²) in [6.07, 6.45) is 2.28. The van der Waals surface area contributed by atoms with Gasteiger partial charge in [0.15, 0.2) is 0 Å². The van der Waals surface area contributed by atoms with Crippen molar-refractivity contribution in [2.24, 2.45) is 0 Å². The van der Waals surface area contributed by atoms with Gasteiger partial charge in [-0.1, -0.05) is 43.3 Å². The maximum Gasteiger partial charge on any atom is 0.119 e. The third-order valence-electron chi connectivity index (χ3n) is 2.57. The van der Waals surface area contributed by atoms with Crippen LogP contribution >= 0.6 is 11.8 Å². The van der Waals surface area contributed by atoms with E-state index in [1.807, 2.05) is 18.2 Å². The first-order chi connectivity index (χ1) is 8.88. The highest BCUT2D eigenvalue weighted by atomic mass is 32.2. The molecule has 1 nitrogen and oxygen atoms in total. The van der Waals surface area contributed by atoms with Gasteiger partial charge in [-0.15, -0.1) is 0 Å². The van der Waals surface area contributed by atoms with Crippen molar-refractivity contribution in [3.63, 3.8) is 0 Å². The van der Waals surface area contributed by atoms with E-state index in [0.29, 0.717) is 0 Å². The molecule has 0 saturated carbocycles. The van der Waals surface area contributed by atoms with Gasteiger partial charge in [-0.05, 0) is 42.8 Å². The number of ether oxygens (including phenoxy) is 1. The van der Waals surface area contributed by atoms with Crippen LogP contribution in [0, 0.1) is 0 Å². The highest BCUT2D eigenvalue weighted by Crippen LogP contribution is 2.28. The molecule has 0 spiro atoms. The lowest BCUT2D eigenvalue weighted by atomic mass is 10.3. The van der Waals surface area contributed by atoms with E-state index in [9.17, 15) is 0 Å². The minimum atomic E-state index is 0.807. The van der Waals surface area contributed by atoms with E-state index in [1.54, 1.807) is 11.8 Å². The van der Waals surface area contributed by atoms with Crippen molar-refractivity contribution in [1.82, 2.24) is 0 Å². The Morgan fingerprint density at radius 3 is 2.22 bits per heavy atom. The first kappa shape index (κ1) is 13.0. The average molecular weight is 258 g/mol. The van der Waals surface area contributed by atoms with Gasteiger partial charge < -0.3 is 4.74 Å². The molecule has 0 unspecified atom stereocenters. The van der Waals surface area contributed by atoms with Crippen molar-refractivity contribution in [3.8, 4) is 5.75 Å². The molecule has 0 aliphatic heterocycles. The molecular weight excluding hydrogens is 240 g/mol. The van der Waals surface area contributed by atoms with Crippen LogP contribution in [0.2, 0.25) is 0 Å². The Morgan fingerprint density at radius 1 is 0.889 bits per heavy atom. The maximum absolute atomic E-state index is 5.64. The summed E-state index contributed by atoms with van der Waals surface area (Å²) in [5.41, 5.74) is 0. The first-order valence-corrected chi connectivity index (χ1v) is 7.16. The van der Waals surface area contributed by atoms with Crippen molar-refractivity contribution in [3.05, 3.63) is 54.6 Å². The van der Waals surface area contributed by atoms with Gasteiger partial charge in [-0.2, -0.15) is 0 Å². The van der Waals surface area contributed by atoms with Crippen LogP contribution in [0.3, 0.4) is 0 Å². The Labute approximate surface area is 113 Å². The molecule has 2 aromatic carbocycles. The number of hydrogen-bond acceptors (Lipinski definition) is 2. The lowest BCUT2D eigenvalue weighted by Gasteiger charge is -2.06. The smallest absolute Gasteiger partial charge is 0.119 e. The summed E-state index contributed by atoms with van der Waals surface area (Å²) in [5, 5.41) is 0. The van der Waals surface area contributed by atoms with Crippen LogP contribution in [-0.2, 0) is 0 Å². The summed E-state index contributed by atoms with van der Waals surface area (Å²) in [6, 6.07) is 18.7. The van der Waals surface area contributed by atoms with Crippen molar-refractivity contribution in [2.45, 2.75) is 29.6 Å². The van der Waals surface area contributed by atoms with E-state index in [-0.39, 0.29) is 0 Å². The van der Waals surface area contributed by atoms with E-state index in [0.717, 1.165) is 18.8 Å². The molecule has 0 radical (unpaired) electrons. The molecule has 2 rings (SSSR count). The number of hydrogen-bond donors (Lipinski definition) is 0. The van der Waals surface area contributed by atoms with Gasteiger partial charge in [-0.3, -0.25) is 0 Å². The molecule has 2 aromatic rings. The maximum atomic E-state index is 5.64. The van der Waals surface area contributed by atoms with Crippen LogP contribution in [0.1, 0.15) is 19.8 Å². The number of unbranched alkanes of at least 4 members (excludes halogenated alkanes) is 1. The summed E-state index contributed by atoms with van der Waals surface area (Å²) in [5.74, 6) is 0.959. The monoisotopic (exact) mass is 258 g/mol. The topological polar surface area (TPSA) is 9.23 Å². The molecular formula is C16H18OS. The SMILES string of the molecule is CCCCOc1ccc(Sc2ccccc2)cc1. The van der Waals surface area contributed by atoms with E-state index >= 15 is 0 Å². The Balaban J connectivity index is 1.91. The summed E-state index contributed by atoms with van der Waals surface area (Å²) in [6.45, 7) is 2.98. The lowest BCUT2D eigenvalue weighted by molar-refractivity contribution is 0.309. The van der Waals surface area contributed by atoms with Gasteiger partial charge in [0, 0.05) is 9.79 Å². The highest BCUT2D eigenvalue weighted by Gasteiger charge is 1.98. The molecule has 0 aliphatic rings. The van der Waals surface area contributed by atoms with Crippen molar-refractivity contribution >= 4 is 11.8 Å². The molecule has 18 heavy (non-hydrogen) atoms. The Morgan fingerprint density at radius 2 is 1.56 bits per heavy atom. The Kier molecular flexibility index (Phi) is 5.15. The second-order valence-electron chi connectivity index (χ2n) is 4.09. The second kappa shape index (κ2) is 7.12. The quantitative estimate of drug-likeness (QED) is 0.673. The fourth-order valence-electron chi connectivity index (χ4n) is 1.56. The van der Waals surface area contributed by atoms with E-state index in [2.05, 4.69) is 43.3 Å². The molecule has 0 heterocycles. The molecule has 0 aromatic heterocycles. The van der Waals surface area contributed by atoms with Crippen LogP contribution in [0.15, 0.2) is 64.4 Å². The van der Waals surface area contributed by atoms with Gasteiger partial charge >= 0.3 is 0 Å². The second-order valence-corrected chi connectivity index (χ2v) is 5.24. The van der Waals surface area contributed by atoms with E-state index in [1.165, 1.54) is 16.2 Å². The van der Waals surface area contributed by atoms with Gasteiger partial charge in [0.2, 0.25) is 0 Å². The van der Waals surface area contributed by atoms with Crippen LogP contribution in [0.25, 0.3) is 0 Å². The van der Waals surface area contributed by atoms with Crippen molar-refractivity contribution in [1.29, 1.82) is 0 Å². The van der Waals surface area contributed by atoms with Gasteiger partial charge in [-0.25, -0.2) is 0 Å². The molecule has 0 bridgehead atoms. The zero-order chi connectivity index (χ0) is 12.6. The minimum absolute atomic E-state index is 0.807. The zero-order valence-electron chi connectivity index (χ0n) is 10.6. The average Bonchev–Trinajstić information content (AvgIpc) is 2.42. The van der Waals surface area contributed by atoms with Gasteiger partial charge in [0.1, 0.15) is 5.75 Å². The van der Waals surface area contributed by atoms with Crippen LogP contribution in [-0.4, -0.2) is 6.61 Å². The largest absolute Gasteiger partial charge is 0.494 e. The number of benzene rings is 2.